The van der Waals surface area contributed by atoms with Gasteiger partial charge in [0.1, 0.15) is 0 Å². The zero-order chi connectivity index (χ0) is 24.3. The van der Waals surface area contributed by atoms with Gasteiger partial charge >= 0.3 is 0 Å². The van der Waals surface area contributed by atoms with E-state index < -0.39 is 0 Å². The second-order valence-corrected chi connectivity index (χ2v) is 8.92. The van der Waals surface area contributed by atoms with Crippen LogP contribution in [0.15, 0.2) is 120 Å². The fourth-order valence-corrected chi connectivity index (χ4v) is 4.27. The van der Waals surface area contributed by atoms with Gasteiger partial charge < -0.3 is 14.2 Å². The van der Waals surface area contributed by atoms with Crippen molar-refractivity contribution in [1.82, 2.24) is 0 Å². The van der Waals surface area contributed by atoms with Gasteiger partial charge in [-0.05, 0) is 46.3 Å². The van der Waals surface area contributed by atoms with Crippen molar-refractivity contribution in [2.45, 2.75) is 12.8 Å². The van der Waals surface area contributed by atoms with Crippen LogP contribution in [0.3, 0.4) is 0 Å². The number of ether oxygens (including phenoxy) is 3. The lowest BCUT2D eigenvalue weighted by atomic mass is 9.92. The Kier molecular flexibility index (Phi) is 9.24. The van der Waals surface area contributed by atoms with Gasteiger partial charge in [-0.2, -0.15) is 0 Å². The van der Waals surface area contributed by atoms with E-state index in [1.807, 2.05) is 12.1 Å². The molecule has 3 heteroatoms. The highest BCUT2D eigenvalue weighted by Crippen LogP contribution is 2.28. The van der Waals surface area contributed by atoms with Crippen LogP contribution in [0.1, 0.15) is 24.0 Å². The fourth-order valence-electron chi connectivity index (χ4n) is 4.27. The van der Waals surface area contributed by atoms with Crippen molar-refractivity contribution in [2.75, 3.05) is 39.6 Å². The van der Waals surface area contributed by atoms with Crippen molar-refractivity contribution in [3.63, 3.8) is 0 Å². The van der Waals surface area contributed by atoms with Gasteiger partial charge in [-0.25, -0.2) is 0 Å². The van der Waals surface area contributed by atoms with Crippen LogP contribution in [0.4, 0.5) is 0 Å². The Morgan fingerprint density at radius 3 is 1.34 bits per heavy atom. The van der Waals surface area contributed by atoms with Crippen LogP contribution in [0.5, 0.6) is 0 Å². The average Bonchev–Trinajstić information content (AvgIpc) is 2.88. The van der Waals surface area contributed by atoms with E-state index in [4.69, 9.17) is 14.2 Å². The molecule has 2 aliphatic rings. The summed E-state index contributed by atoms with van der Waals surface area (Å²) < 4.78 is 17.4. The molecule has 0 spiro atoms. The second kappa shape index (κ2) is 13.0. The van der Waals surface area contributed by atoms with E-state index >= 15 is 0 Å². The van der Waals surface area contributed by atoms with Crippen molar-refractivity contribution in [3.05, 3.63) is 132 Å². The summed E-state index contributed by atoms with van der Waals surface area (Å²) >= 11 is 0. The summed E-state index contributed by atoms with van der Waals surface area (Å²) in [4.78, 5) is 0. The number of allylic oxidation sites excluding steroid dienone is 8. The molecule has 0 radical (unpaired) electrons. The molecule has 180 valence electrons. The van der Waals surface area contributed by atoms with E-state index in [2.05, 4.69) is 86.0 Å². The summed E-state index contributed by atoms with van der Waals surface area (Å²) in [5.41, 5.74) is 9.50. The Morgan fingerprint density at radius 2 is 0.914 bits per heavy atom. The minimum atomic E-state index is 0.555. The van der Waals surface area contributed by atoms with Crippen molar-refractivity contribution >= 4 is 11.1 Å². The van der Waals surface area contributed by atoms with Crippen LogP contribution in [0, 0.1) is 0 Å². The molecule has 0 aliphatic heterocycles. The van der Waals surface area contributed by atoms with Crippen molar-refractivity contribution in [1.29, 1.82) is 0 Å². The van der Waals surface area contributed by atoms with Crippen LogP contribution in [-0.2, 0) is 14.2 Å². The Bertz CT molecular complexity index is 1040. The third kappa shape index (κ3) is 7.90. The fraction of sp³-hybridized carbons (Fsp3) is 0.250. The molecule has 0 atom stereocenters. The molecule has 0 saturated heterocycles. The van der Waals surface area contributed by atoms with Gasteiger partial charge in [-0.1, -0.05) is 109 Å². The quantitative estimate of drug-likeness (QED) is 0.316. The number of benzene rings is 2. The summed E-state index contributed by atoms with van der Waals surface area (Å²) in [6.07, 6.45) is 10.4. The molecule has 0 saturated carbocycles. The molecule has 35 heavy (non-hydrogen) atoms. The molecule has 3 nitrogen and oxygen atoms in total. The van der Waals surface area contributed by atoms with E-state index in [1.165, 1.54) is 33.4 Å². The lowest BCUT2D eigenvalue weighted by Gasteiger charge is -2.17. The highest BCUT2D eigenvalue weighted by atomic mass is 16.5. The maximum atomic E-state index is 5.85. The minimum absolute atomic E-state index is 0.555. The summed E-state index contributed by atoms with van der Waals surface area (Å²) in [5, 5.41) is 0. The van der Waals surface area contributed by atoms with Crippen molar-refractivity contribution < 1.29 is 14.2 Å². The molecule has 0 fully saturated rings. The molecular weight excluding hydrogens is 432 g/mol. The van der Waals surface area contributed by atoms with Crippen molar-refractivity contribution in [2.24, 2.45) is 0 Å². The van der Waals surface area contributed by atoms with Crippen LogP contribution in [0.2, 0.25) is 0 Å². The summed E-state index contributed by atoms with van der Waals surface area (Å²) in [5.74, 6) is 0. The van der Waals surface area contributed by atoms with Crippen LogP contribution >= 0.6 is 0 Å². The maximum absolute atomic E-state index is 5.85. The molecule has 2 aromatic rings. The molecule has 0 amide bonds. The van der Waals surface area contributed by atoms with Crippen LogP contribution in [-0.4, -0.2) is 39.6 Å². The van der Waals surface area contributed by atoms with E-state index in [0.29, 0.717) is 39.6 Å². The average molecular weight is 467 g/mol. The number of rotatable bonds is 12. The van der Waals surface area contributed by atoms with Gasteiger partial charge in [0, 0.05) is 0 Å². The predicted molar refractivity (Wildman–Crippen MR) is 145 cm³/mol. The molecule has 2 aromatic carbocycles. The molecule has 0 heterocycles. The van der Waals surface area contributed by atoms with Gasteiger partial charge in [0.15, 0.2) is 0 Å². The Hall–Kier alpha value is -3.24. The summed E-state index contributed by atoms with van der Waals surface area (Å²) in [7, 11) is 0. The normalized spacial score (nSPS) is 15.9. The highest BCUT2D eigenvalue weighted by Gasteiger charge is 2.11. The predicted octanol–water partition coefficient (Wildman–Crippen LogP) is 6.98. The SMILES string of the molecule is C=C1C=C(c2ccccc2)C=C(COCCOCCOCC2=CC(c3ccccc3)=CC(=C)C2)C1. The Morgan fingerprint density at radius 1 is 0.514 bits per heavy atom. The smallest absolute Gasteiger partial charge is 0.0704 e. The Labute approximate surface area is 209 Å². The summed E-state index contributed by atoms with van der Waals surface area (Å²) in [6, 6.07) is 20.8. The molecular formula is C32H34O3. The van der Waals surface area contributed by atoms with Gasteiger partial charge in [0.05, 0.1) is 39.6 Å². The van der Waals surface area contributed by atoms with E-state index in [-0.39, 0.29) is 0 Å². The zero-order valence-corrected chi connectivity index (χ0v) is 20.4. The van der Waals surface area contributed by atoms with Gasteiger partial charge in [0.2, 0.25) is 0 Å². The monoisotopic (exact) mass is 466 g/mol. The zero-order valence-electron chi connectivity index (χ0n) is 20.4. The van der Waals surface area contributed by atoms with Crippen LogP contribution in [0.25, 0.3) is 11.1 Å². The molecule has 0 aromatic heterocycles. The number of hydrogen-bond donors (Lipinski definition) is 0. The second-order valence-electron chi connectivity index (χ2n) is 8.92. The third-order valence-electron chi connectivity index (χ3n) is 5.88. The highest BCUT2D eigenvalue weighted by molar-refractivity contribution is 5.79. The molecule has 2 aliphatic carbocycles. The first-order valence-corrected chi connectivity index (χ1v) is 12.2. The third-order valence-corrected chi connectivity index (χ3v) is 5.88. The maximum Gasteiger partial charge on any atom is 0.0704 e. The lowest BCUT2D eigenvalue weighted by molar-refractivity contribution is 0.0226. The molecule has 0 bridgehead atoms. The number of hydrogen-bond acceptors (Lipinski definition) is 3. The van der Waals surface area contributed by atoms with Crippen LogP contribution < -0.4 is 0 Å². The first-order chi connectivity index (χ1) is 17.2. The standard InChI is InChI=1S/C32H34O3/c1-25-17-27(21-31(19-25)29-9-5-3-6-10-29)23-34-15-13-33-14-16-35-24-28-18-26(2)20-32(22-28)30-11-7-4-8-12-30/h3-12,19-22H,1-2,13-18,23-24H2. The molecule has 0 unspecified atom stereocenters. The van der Waals surface area contributed by atoms with Gasteiger partial charge in [-0.15, -0.1) is 0 Å². The van der Waals surface area contributed by atoms with Gasteiger partial charge in [0.25, 0.3) is 0 Å². The first kappa shape index (κ1) is 24.9. The largest absolute Gasteiger partial charge is 0.377 e. The summed E-state index contributed by atoms with van der Waals surface area (Å²) in [6.45, 7) is 11.7. The Balaban J connectivity index is 1.10. The lowest BCUT2D eigenvalue weighted by Crippen LogP contribution is -2.12. The molecule has 0 N–H and O–H groups in total. The minimum Gasteiger partial charge on any atom is -0.377 e. The van der Waals surface area contributed by atoms with Gasteiger partial charge in [-0.3, -0.25) is 0 Å². The van der Waals surface area contributed by atoms with Crippen molar-refractivity contribution in [3.8, 4) is 0 Å². The van der Waals surface area contributed by atoms with E-state index in [1.54, 1.807) is 0 Å². The molecule has 4 rings (SSSR count). The topological polar surface area (TPSA) is 27.7 Å². The van der Waals surface area contributed by atoms with E-state index in [0.717, 1.165) is 24.0 Å². The first-order valence-electron chi connectivity index (χ1n) is 12.2. The van der Waals surface area contributed by atoms with E-state index in [9.17, 15) is 0 Å².